The van der Waals surface area contributed by atoms with E-state index in [-0.39, 0.29) is 5.41 Å². The molecule has 0 atom stereocenters. The predicted octanol–water partition coefficient (Wildman–Crippen LogP) is 2.96. The van der Waals surface area contributed by atoms with E-state index in [9.17, 15) is 0 Å². The van der Waals surface area contributed by atoms with Crippen molar-refractivity contribution >= 4 is 11.6 Å². The summed E-state index contributed by atoms with van der Waals surface area (Å²) in [6.07, 6.45) is 0. The van der Waals surface area contributed by atoms with Crippen molar-refractivity contribution < 1.29 is 14.0 Å². The predicted molar refractivity (Wildman–Crippen MR) is 101 cm³/mol. The van der Waals surface area contributed by atoms with Crippen LogP contribution in [0.1, 0.15) is 39.4 Å². The van der Waals surface area contributed by atoms with Gasteiger partial charge >= 0.3 is 0 Å². The molecule has 8 nitrogen and oxygen atoms in total. The third kappa shape index (κ3) is 5.11. The normalized spacial score (nSPS) is 12.0. The number of rotatable bonds is 6. The Morgan fingerprint density at radius 3 is 2.62 bits per heavy atom. The van der Waals surface area contributed by atoms with E-state index in [1.165, 1.54) is 0 Å². The molecule has 2 rings (SSSR count). The minimum Gasteiger partial charge on any atom is -0.493 e. The summed E-state index contributed by atoms with van der Waals surface area (Å²) in [5.41, 5.74) is 0.645. The van der Waals surface area contributed by atoms with E-state index in [0.29, 0.717) is 42.3 Å². The average Bonchev–Trinajstić information content (AvgIpc) is 3.09. The van der Waals surface area contributed by atoms with E-state index in [1.54, 1.807) is 14.2 Å². The van der Waals surface area contributed by atoms with Gasteiger partial charge in [0.25, 0.3) is 0 Å². The minimum absolute atomic E-state index is 0.177. The van der Waals surface area contributed by atoms with Crippen molar-refractivity contribution in [3.8, 4) is 11.5 Å². The number of nitrogens with one attached hydrogen (secondary N) is 2. The van der Waals surface area contributed by atoms with E-state index in [0.717, 1.165) is 5.69 Å². The van der Waals surface area contributed by atoms with E-state index >= 15 is 0 Å². The summed E-state index contributed by atoms with van der Waals surface area (Å²) in [4.78, 5) is 8.60. The van der Waals surface area contributed by atoms with Gasteiger partial charge in [0, 0.05) is 24.2 Å². The summed E-state index contributed by atoms with van der Waals surface area (Å²) in [7, 11) is 3.30. The number of anilines is 1. The topological polar surface area (TPSA) is 93.8 Å². The first-order valence-corrected chi connectivity index (χ1v) is 8.49. The number of aromatic nitrogens is 2. The van der Waals surface area contributed by atoms with Crippen molar-refractivity contribution in [1.29, 1.82) is 0 Å². The van der Waals surface area contributed by atoms with Crippen LogP contribution in [-0.4, -0.2) is 36.9 Å². The quantitative estimate of drug-likeness (QED) is 0.603. The molecule has 0 aliphatic carbocycles. The number of hydrogen-bond acceptors (Lipinski definition) is 6. The van der Waals surface area contributed by atoms with Crippen molar-refractivity contribution in [2.45, 2.75) is 39.7 Å². The van der Waals surface area contributed by atoms with Crippen LogP contribution in [0, 0.1) is 0 Å². The molecule has 2 aromatic rings. The summed E-state index contributed by atoms with van der Waals surface area (Å²) in [5.74, 6) is 3.11. The third-order valence-electron chi connectivity index (χ3n) is 3.47. The lowest BCUT2D eigenvalue weighted by Gasteiger charge is -2.14. The highest BCUT2D eigenvalue weighted by atomic mass is 16.5. The van der Waals surface area contributed by atoms with Crippen LogP contribution < -0.4 is 20.1 Å². The first-order valence-electron chi connectivity index (χ1n) is 8.49. The van der Waals surface area contributed by atoms with E-state index < -0.39 is 0 Å². The smallest absolute Gasteiger partial charge is 0.232 e. The molecule has 0 saturated heterocycles. The molecule has 0 aliphatic rings. The zero-order valence-corrected chi connectivity index (χ0v) is 16.2. The summed E-state index contributed by atoms with van der Waals surface area (Å²) in [6.45, 7) is 8.98. The van der Waals surface area contributed by atoms with Crippen LogP contribution in [0.3, 0.4) is 0 Å². The van der Waals surface area contributed by atoms with Crippen LogP contribution in [0.2, 0.25) is 0 Å². The Bertz CT molecular complexity index is 750. The lowest BCUT2D eigenvalue weighted by molar-refractivity contribution is 0.311. The largest absolute Gasteiger partial charge is 0.493 e. The van der Waals surface area contributed by atoms with Crippen LogP contribution >= 0.6 is 0 Å². The van der Waals surface area contributed by atoms with Gasteiger partial charge in [0.15, 0.2) is 23.3 Å². The fourth-order valence-corrected chi connectivity index (χ4v) is 2.13. The van der Waals surface area contributed by atoms with Crippen molar-refractivity contribution in [2.75, 3.05) is 26.1 Å². The van der Waals surface area contributed by atoms with Crippen LogP contribution in [0.15, 0.2) is 27.7 Å². The molecule has 0 unspecified atom stereocenters. The summed E-state index contributed by atoms with van der Waals surface area (Å²) in [6, 6.07) is 5.60. The zero-order valence-electron chi connectivity index (χ0n) is 16.2. The van der Waals surface area contributed by atoms with Gasteiger partial charge in [-0.05, 0) is 19.1 Å². The molecular weight excluding hydrogens is 334 g/mol. The van der Waals surface area contributed by atoms with Gasteiger partial charge in [-0.3, -0.25) is 4.99 Å². The van der Waals surface area contributed by atoms with Crippen LogP contribution in [0.25, 0.3) is 0 Å². The van der Waals surface area contributed by atoms with E-state index in [4.69, 9.17) is 14.0 Å². The lowest BCUT2D eigenvalue weighted by Crippen LogP contribution is -2.30. The number of hydrogen-bond donors (Lipinski definition) is 2. The molecule has 142 valence electrons. The fraction of sp³-hybridized carbons (Fsp3) is 0.500. The molecule has 2 N–H and O–H groups in total. The van der Waals surface area contributed by atoms with Gasteiger partial charge < -0.3 is 24.6 Å². The Kier molecular flexibility index (Phi) is 6.43. The number of aliphatic imine (C=N–C) groups is 1. The first kappa shape index (κ1) is 19.6. The van der Waals surface area contributed by atoms with Crippen molar-refractivity contribution in [3.63, 3.8) is 0 Å². The first-order chi connectivity index (χ1) is 12.4. The minimum atomic E-state index is -0.177. The van der Waals surface area contributed by atoms with Crippen molar-refractivity contribution in [1.82, 2.24) is 15.5 Å². The molecule has 0 radical (unpaired) electrons. The molecule has 26 heavy (non-hydrogen) atoms. The summed E-state index contributed by atoms with van der Waals surface area (Å²) >= 11 is 0. The molecule has 0 fully saturated rings. The number of nitrogens with zero attached hydrogens (tertiary/aromatic N) is 3. The Labute approximate surface area is 154 Å². The number of guanidine groups is 1. The van der Waals surface area contributed by atoms with E-state index in [1.807, 2.05) is 45.9 Å². The second-order valence-electron chi connectivity index (χ2n) is 6.62. The maximum absolute atomic E-state index is 5.52. The lowest BCUT2D eigenvalue weighted by atomic mass is 9.97. The molecule has 1 heterocycles. The third-order valence-corrected chi connectivity index (χ3v) is 3.47. The Morgan fingerprint density at radius 2 is 2.04 bits per heavy atom. The summed E-state index contributed by atoms with van der Waals surface area (Å²) < 4.78 is 16.2. The van der Waals surface area contributed by atoms with Crippen molar-refractivity contribution in [2.24, 2.45) is 4.99 Å². The Morgan fingerprint density at radius 1 is 1.27 bits per heavy atom. The highest BCUT2D eigenvalue weighted by molar-refractivity contribution is 5.93. The Balaban J connectivity index is 2.00. The maximum atomic E-state index is 5.52. The van der Waals surface area contributed by atoms with Gasteiger partial charge in [-0.25, -0.2) is 0 Å². The monoisotopic (exact) mass is 361 g/mol. The molecule has 0 aliphatic heterocycles. The molecule has 0 bridgehead atoms. The van der Waals surface area contributed by atoms with Gasteiger partial charge in [-0.1, -0.05) is 25.9 Å². The second-order valence-corrected chi connectivity index (χ2v) is 6.62. The van der Waals surface area contributed by atoms with Gasteiger partial charge in [-0.2, -0.15) is 4.98 Å². The van der Waals surface area contributed by atoms with Crippen LogP contribution in [-0.2, 0) is 12.0 Å². The van der Waals surface area contributed by atoms with Gasteiger partial charge in [-0.15, -0.1) is 0 Å². The highest BCUT2D eigenvalue weighted by Gasteiger charge is 2.21. The van der Waals surface area contributed by atoms with E-state index in [2.05, 4.69) is 25.8 Å². The van der Waals surface area contributed by atoms with Gasteiger partial charge in [0.2, 0.25) is 5.89 Å². The SMILES string of the molecule is CCOc1ccc(NC(=NC)NCc2noc(C(C)(C)C)n2)cc1OC. The Hall–Kier alpha value is -2.77. The summed E-state index contributed by atoms with van der Waals surface area (Å²) in [5, 5.41) is 10.3. The number of benzene rings is 1. The molecule has 0 saturated carbocycles. The molecule has 1 aromatic carbocycles. The zero-order chi connectivity index (χ0) is 19.2. The molecule has 1 aromatic heterocycles. The highest BCUT2D eigenvalue weighted by Crippen LogP contribution is 2.30. The molecular formula is C18H27N5O3. The van der Waals surface area contributed by atoms with Gasteiger partial charge in [0.05, 0.1) is 20.3 Å². The maximum Gasteiger partial charge on any atom is 0.232 e. The number of ether oxygens (including phenoxy) is 2. The molecule has 8 heteroatoms. The standard InChI is InChI=1S/C18H27N5O3/c1-7-25-13-9-8-12(10-14(13)24-6)21-17(19-5)20-11-15-22-16(26-23-15)18(2,3)4/h8-10H,7,11H2,1-6H3,(H2,19,20,21). The fourth-order valence-electron chi connectivity index (χ4n) is 2.13. The van der Waals surface area contributed by atoms with Gasteiger partial charge in [0.1, 0.15) is 0 Å². The second kappa shape index (κ2) is 8.55. The molecule has 0 amide bonds. The van der Waals surface area contributed by atoms with Crippen LogP contribution in [0.5, 0.6) is 11.5 Å². The molecule has 0 spiro atoms. The average molecular weight is 361 g/mol. The van der Waals surface area contributed by atoms with Crippen LogP contribution in [0.4, 0.5) is 5.69 Å². The number of methoxy groups -OCH3 is 1. The van der Waals surface area contributed by atoms with Crippen molar-refractivity contribution in [3.05, 3.63) is 29.9 Å².